The predicted molar refractivity (Wildman–Crippen MR) is 343 cm³/mol. The van der Waals surface area contributed by atoms with Crippen LogP contribution in [0.5, 0.6) is 0 Å². The Morgan fingerprint density at radius 3 is 1.00 bits per heavy atom. The number of aliphatic carboxylic acids is 1. The van der Waals surface area contributed by atoms with Gasteiger partial charge in [0, 0.05) is 12.8 Å². The smallest absolute Gasteiger partial charge is 0.306 e. The zero-order valence-corrected chi connectivity index (χ0v) is 54.2. The molecule has 0 heterocycles. The summed E-state index contributed by atoms with van der Waals surface area (Å²) < 4.78 is 22.8. The fourth-order valence-corrected chi connectivity index (χ4v) is 10.2. The predicted octanol–water partition coefficient (Wildman–Crippen LogP) is 20.0. The van der Waals surface area contributed by atoms with Gasteiger partial charge in [-0.05, 0) is 77.0 Å². The number of ether oxygens (including phenoxy) is 4. The molecular weight excluding hydrogens is 1010 g/mol. The molecule has 0 aliphatic heterocycles. The molecule has 0 aromatic carbocycles. The third-order valence-corrected chi connectivity index (χ3v) is 15.5. The molecule has 0 radical (unpaired) electrons. The second-order valence-corrected chi connectivity index (χ2v) is 24.8. The first kappa shape index (κ1) is 78.2. The second kappa shape index (κ2) is 63.3. The van der Waals surface area contributed by atoms with Gasteiger partial charge in [-0.1, -0.05) is 294 Å². The first-order chi connectivity index (χ1) is 39.6. The second-order valence-electron chi connectivity index (χ2n) is 24.8. The number of esters is 2. The van der Waals surface area contributed by atoms with Crippen molar-refractivity contribution in [3.05, 3.63) is 48.6 Å². The van der Waals surface area contributed by atoms with Gasteiger partial charge in [0.2, 0.25) is 0 Å². The molecule has 9 nitrogen and oxygen atoms in total. The number of quaternary nitrogens is 1. The fourth-order valence-electron chi connectivity index (χ4n) is 10.2. The molecule has 0 aliphatic carbocycles. The van der Waals surface area contributed by atoms with Crippen molar-refractivity contribution in [3.63, 3.8) is 0 Å². The standard InChI is InChI=1S/C72H133NO8/c1-6-8-10-12-14-16-18-20-22-24-26-27-28-29-30-31-32-33-34-35-36-37-38-39-40-41-42-43-45-47-49-51-53-55-57-59-61-63-70(75)81-68(67-80-72(71(76)77)78-65-64-73(3,4)5)66-79-69(74)62-60-58-56-54-52-50-48-46-44-25-23-21-19-17-15-13-11-9-7-2/h18,20-21,23-24,26,28-29,68,72H,6-17,19,22,25,27,30-67H2,1-5H3/b20-18-,23-21-,26-24-,29-28-. The minimum atomic E-state index is -1.62. The summed E-state index contributed by atoms with van der Waals surface area (Å²) in [7, 11) is 5.94. The van der Waals surface area contributed by atoms with Crippen LogP contribution >= 0.6 is 0 Å². The molecule has 0 fully saturated rings. The first-order valence-electron chi connectivity index (χ1n) is 34.8. The van der Waals surface area contributed by atoms with Crippen molar-refractivity contribution in [2.24, 2.45) is 0 Å². The van der Waals surface area contributed by atoms with E-state index in [1.165, 1.54) is 257 Å². The molecule has 0 bridgehead atoms. The highest BCUT2D eigenvalue weighted by Crippen LogP contribution is 2.18. The van der Waals surface area contributed by atoms with Crippen molar-refractivity contribution >= 4 is 17.9 Å². The Balaban J connectivity index is 4.01. The molecule has 9 heteroatoms. The van der Waals surface area contributed by atoms with Crippen LogP contribution in [-0.2, 0) is 33.3 Å². The van der Waals surface area contributed by atoms with Crippen LogP contribution in [-0.4, -0.2) is 82.3 Å². The van der Waals surface area contributed by atoms with Crippen molar-refractivity contribution in [2.75, 3.05) is 47.5 Å². The molecular formula is C72H133NO8. The highest BCUT2D eigenvalue weighted by molar-refractivity contribution is 5.70. The van der Waals surface area contributed by atoms with E-state index in [4.69, 9.17) is 18.9 Å². The molecule has 0 N–H and O–H groups in total. The molecule has 0 amide bonds. The van der Waals surface area contributed by atoms with E-state index in [9.17, 15) is 19.5 Å². The lowest BCUT2D eigenvalue weighted by Gasteiger charge is -2.26. The number of allylic oxidation sites excluding steroid dienone is 8. The Morgan fingerprint density at radius 2 is 0.667 bits per heavy atom. The topological polar surface area (TPSA) is 111 Å². The number of hydrogen-bond acceptors (Lipinski definition) is 8. The van der Waals surface area contributed by atoms with Gasteiger partial charge in [-0.2, -0.15) is 0 Å². The maximum atomic E-state index is 12.9. The van der Waals surface area contributed by atoms with Gasteiger partial charge in [-0.25, -0.2) is 0 Å². The van der Waals surface area contributed by atoms with Crippen LogP contribution in [0.1, 0.15) is 335 Å². The number of unbranched alkanes of at least 4 members (excludes halogenated alkanes) is 42. The number of likely N-dealkylation sites (N-methyl/N-ethyl adjacent to an activating group) is 1. The number of carbonyl (C=O) groups is 3. The first-order valence-corrected chi connectivity index (χ1v) is 34.8. The van der Waals surface area contributed by atoms with Crippen LogP contribution in [0.15, 0.2) is 48.6 Å². The molecule has 0 saturated heterocycles. The number of nitrogens with zero attached hydrogens (tertiary/aromatic N) is 1. The average molecular weight is 1140 g/mol. The number of rotatable bonds is 65. The van der Waals surface area contributed by atoms with Crippen LogP contribution in [0.4, 0.5) is 0 Å². The lowest BCUT2D eigenvalue weighted by Crippen LogP contribution is -2.44. The zero-order chi connectivity index (χ0) is 59.1. The Kier molecular flexibility index (Phi) is 61.1. The molecule has 0 aromatic rings. The number of carboxylic acids is 1. The number of carboxylic acid groups (broad SMARTS) is 1. The van der Waals surface area contributed by atoms with Gasteiger partial charge in [-0.3, -0.25) is 9.59 Å². The summed E-state index contributed by atoms with van der Waals surface area (Å²) in [4.78, 5) is 37.4. The van der Waals surface area contributed by atoms with Crippen LogP contribution < -0.4 is 5.11 Å². The van der Waals surface area contributed by atoms with E-state index >= 15 is 0 Å². The fraction of sp³-hybridized carbons (Fsp3) is 0.847. The number of carbonyl (C=O) groups excluding carboxylic acids is 3. The summed E-state index contributed by atoms with van der Waals surface area (Å²) >= 11 is 0. The lowest BCUT2D eigenvalue weighted by atomic mass is 10.0. The Bertz CT molecular complexity index is 1470. The van der Waals surface area contributed by atoms with Crippen molar-refractivity contribution in [2.45, 2.75) is 347 Å². The number of hydrogen-bond donors (Lipinski definition) is 0. The summed E-state index contributed by atoms with van der Waals surface area (Å²) in [5.41, 5.74) is 0. The van der Waals surface area contributed by atoms with Gasteiger partial charge in [0.15, 0.2) is 12.4 Å². The maximum absolute atomic E-state index is 12.9. The van der Waals surface area contributed by atoms with Gasteiger partial charge >= 0.3 is 11.9 Å². The third kappa shape index (κ3) is 64.7. The summed E-state index contributed by atoms with van der Waals surface area (Å²) in [6, 6.07) is 0. The van der Waals surface area contributed by atoms with Crippen molar-refractivity contribution < 1.29 is 42.9 Å². The van der Waals surface area contributed by atoms with Gasteiger partial charge in [0.25, 0.3) is 0 Å². The van der Waals surface area contributed by atoms with Crippen molar-refractivity contribution in [1.29, 1.82) is 0 Å². The SMILES string of the molecule is CCCCCCC/C=C\C/C=C\C/C=C\CCCCCCCCCCCCCCCCCCCCCCCCC(=O)OC(COC(=O)CCCCCCCCCCC/C=C\CCCCCCCC)COC(OCC[N+](C)(C)C)C(=O)[O-]. The summed E-state index contributed by atoms with van der Waals surface area (Å²) in [5.74, 6) is -2.26. The van der Waals surface area contributed by atoms with Gasteiger partial charge in [0.1, 0.15) is 13.2 Å². The largest absolute Gasteiger partial charge is 0.545 e. The van der Waals surface area contributed by atoms with E-state index in [2.05, 4.69) is 62.5 Å². The van der Waals surface area contributed by atoms with E-state index in [1.54, 1.807) is 0 Å². The van der Waals surface area contributed by atoms with Crippen molar-refractivity contribution in [1.82, 2.24) is 0 Å². The molecule has 81 heavy (non-hydrogen) atoms. The molecule has 2 atom stereocenters. The monoisotopic (exact) mass is 1140 g/mol. The molecule has 2 unspecified atom stereocenters. The minimum absolute atomic E-state index is 0.149. The Hall–Kier alpha value is -2.75. The highest BCUT2D eigenvalue weighted by atomic mass is 16.7. The normalized spacial score (nSPS) is 13.0. The van der Waals surface area contributed by atoms with E-state index < -0.39 is 24.3 Å². The van der Waals surface area contributed by atoms with Crippen LogP contribution in [0.3, 0.4) is 0 Å². The van der Waals surface area contributed by atoms with E-state index in [0.717, 1.165) is 44.9 Å². The van der Waals surface area contributed by atoms with E-state index in [1.807, 2.05) is 21.1 Å². The quantitative estimate of drug-likeness (QED) is 0.0195. The van der Waals surface area contributed by atoms with Gasteiger partial charge < -0.3 is 33.3 Å². The van der Waals surface area contributed by atoms with E-state index in [0.29, 0.717) is 23.9 Å². The maximum Gasteiger partial charge on any atom is 0.306 e. The van der Waals surface area contributed by atoms with Gasteiger partial charge in [-0.15, -0.1) is 0 Å². The molecule has 0 rings (SSSR count). The minimum Gasteiger partial charge on any atom is -0.545 e. The summed E-state index contributed by atoms with van der Waals surface area (Å²) in [6.07, 6.45) is 77.7. The highest BCUT2D eigenvalue weighted by Gasteiger charge is 2.22. The average Bonchev–Trinajstić information content (AvgIpc) is 3.44. The Labute approximate surface area is 502 Å². The summed E-state index contributed by atoms with van der Waals surface area (Å²) in [6.45, 7) is 4.78. The lowest BCUT2D eigenvalue weighted by molar-refractivity contribution is -0.870. The zero-order valence-electron chi connectivity index (χ0n) is 54.2. The Morgan fingerprint density at radius 1 is 0.370 bits per heavy atom. The molecule has 0 aliphatic rings. The van der Waals surface area contributed by atoms with Gasteiger partial charge in [0.05, 0.1) is 40.3 Å². The van der Waals surface area contributed by atoms with E-state index in [-0.39, 0.29) is 32.2 Å². The molecule has 0 aromatic heterocycles. The molecule has 0 spiro atoms. The summed E-state index contributed by atoms with van der Waals surface area (Å²) in [5, 5.41) is 11.8. The van der Waals surface area contributed by atoms with Crippen LogP contribution in [0.2, 0.25) is 0 Å². The van der Waals surface area contributed by atoms with Crippen LogP contribution in [0.25, 0.3) is 0 Å². The molecule has 0 saturated carbocycles. The van der Waals surface area contributed by atoms with Crippen LogP contribution in [0, 0.1) is 0 Å². The molecule has 474 valence electrons. The van der Waals surface area contributed by atoms with Crippen molar-refractivity contribution in [3.8, 4) is 0 Å². The third-order valence-electron chi connectivity index (χ3n) is 15.5.